The molecule has 0 atom stereocenters. The van der Waals surface area contributed by atoms with Crippen molar-refractivity contribution in [2.24, 2.45) is 0 Å². The molecule has 1 aromatic rings. The van der Waals surface area contributed by atoms with E-state index < -0.39 is 35.0 Å². The van der Waals surface area contributed by atoms with Crippen molar-refractivity contribution in [3.8, 4) is 0 Å². The van der Waals surface area contributed by atoms with Crippen LogP contribution in [0.25, 0.3) is 0 Å². The van der Waals surface area contributed by atoms with Crippen molar-refractivity contribution in [1.82, 2.24) is 13.7 Å². The Morgan fingerprint density at radius 1 is 0.528 bits per heavy atom. The van der Waals surface area contributed by atoms with Crippen LogP contribution in [0.4, 0.5) is 0 Å². The van der Waals surface area contributed by atoms with Crippen molar-refractivity contribution in [2.45, 2.75) is 58.2 Å². The van der Waals surface area contributed by atoms with Gasteiger partial charge in [0.2, 0.25) is 0 Å². The topological polar surface area (TPSA) is 145 Å². The predicted molar refractivity (Wildman–Crippen MR) is 130 cm³/mol. The molecule has 0 fully saturated rings. The number of unbranched alkanes of at least 4 members (excludes halogenated alkanes) is 3. The van der Waals surface area contributed by atoms with Gasteiger partial charge in [-0.2, -0.15) is 0 Å². The molecule has 0 amide bonds. The number of aromatic nitrogens is 3. The summed E-state index contributed by atoms with van der Waals surface area (Å²) in [5, 5.41) is 0. The summed E-state index contributed by atoms with van der Waals surface area (Å²) in [5.41, 5.74) is -2.23. The Labute approximate surface area is 208 Å². The monoisotopic (exact) mass is 507 g/mol. The Bertz CT molecular complexity index is 943. The van der Waals surface area contributed by atoms with Crippen LogP contribution in [-0.2, 0) is 48.2 Å². The van der Waals surface area contributed by atoms with E-state index in [0.29, 0.717) is 38.5 Å². The van der Waals surface area contributed by atoms with Crippen molar-refractivity contribution in [1.29, 1.82) is 0 Å². The van der Waals surface area contributed by atoms with Gasteiger partial charge >= 0.3 is 35.0 Å². The van der Waals surface area contributed by atoms with Crippen LogP contribution in [-0.4, -0.2) is 51.4 Å². The number of hydrogen-bond acceptors (Lipinski definition) is 9. The van der Waals surface area contributed by atoms with Crippen molar-refractivity contribution in [2.75, 3.05) is 19.8 Å². The number of ether oxygens (including phenoxy) is 3. The van der Waals surface area contributed by atoms with E-state index in [9.17, 15) is 28.8 Å². The van der Waals surface area contributed by atoms with Gasteiger partial charge in [0, 0.05) is 37.9 Å². The summed E-state index contributed by atoms with van der Waals surface area (Å²) in [7, 11) is 0. The third-order valence-electron chi connectivity index (χ3n) is 4.95. The quantitative estimate of drug-likeness (QED) is 0.121. The van der Waals surface area contributed by atoms with Crippen LogP contribution in [0.3, 0.4) is 0 Å². The molecule has 0 bridgehead atoms. The van der Waals surface area contributed by atoms with Crippen molar-refractivity contribution in [3.05, 3.63) is 69.4 Å². The molecule has 0 aliphatic carbocycles. The first kappa shape index (κ1) is 30.1. The second kappa shape index (κ2) is 16.6. The van der Waals surface area contributed by atoms with E-state index in [2.05, 4.69) is 19.7 Å². The number of carbonyl (C=O) groups is 3. The average molecular weight is 508 g/mol. The van der Waals surface area contributed by atoms with Crippen LogP contribution in [0.5, 0.6) is 0 Å². The van der Waals surface area contributed by atoms with E-state index in [-0.39, 0.29) is 39.5 Å². The highest BCUT2D eigenvalue weighted by molar-refractivity contribution is 5.81. The minimum Gasteiger partial charge on any atom is -0.463 e. The van der Waals surface area contributed by atoms with Crippen LogP contribution in [0, 0.1) is 0 Å². The van der Waals surface area contributed by atoms with Crippen molar-refractivity contribution >= 4 is 17.9 Å². The maximum atomic E-state index is 12.9. The van der Waals surface area contributed by atoms with Gasteiger partial charge in [0.05, 0.1) is 19.8 Å². The van der Waals surface area contributed by atoms with Gasteiger partial charge in [0.25, 0.3) is 0 Å². The number of rotatable bonds is 18. The third-order valence-corrected chi connectivity index (χ3v) is 4.95. The summed E-state index contributed by atoms with van der Waals surface area (Å²) in [4.78, 5) is 72.2. The maximum absolute atomic E-state index is 12.9. The molecule has 1 heterocycles. The highest BCUT2D eigenvalue weighted by Gasteiger charge is 2.15. The smallest absolute Gasteiger partial charge is 0.336 e. The summed E-state index contributed by atoms with van der Waals surface area (Å²) >= 11 is 0. The van der Waals surface area contributed by atoms with Gasteiger partial charge in [-0.3, -0.25) is 0 Å². The molecule has 0 aliphatic rings. The molecule has 1 aromatic heterocycles. The van der Waals surface area contributed by atoms with E-state index in [1.807, 2.05) is 0 Å². The van der Waals surface area contributed by atoms with Crippen LogP contribution < -0.4 is 17.1 Å². The van der Waals surface area contributed by atoms with Gasteiger partial charge in [-0.25, -0.2) is 42.5 Å². The van der Waals surface area contributed by atoms with Crippen LogP contribution in [0.2, 0.25) is 0 Å². The number of esters is 3. The molecule has 0 radical (unpaired) electrons. The molecule has 12 nitrogen and oxygen atoms in total. The first-order valence-corrected chi connectivity index (χ1v) is 11.6. The van der Waals surface area contributed by atoms with E-state index in [4.69, 9.17) is 14.2 Å². The fraction of sp³-hybridized carbons (Fsp3) is 0.500. The summed E-state index contributed by atoms with van der Waals surface area (Å²) in [6.07, 6.45) is 5.36. The van der Waals surface area contributed by atoms with Gasteiger partial charge in [-0.15, -0.1) is 0 Å². The van der Waals surface area contributed by atoms with E-state index >= 15 is 0 Å². The molecule has 0 aromatic carbocycles. The SMILES string of the molecule is C=CC(=O)OCCCCn1c(=O)n(CCCCOC(=O)C=C)c(=O)n(CCCCOC(=O)C=C)c1=O. The fourth-order valence-corrected chi connectivity index (χ4v) is 3.07. The van der Waals surface area contributed by atoms with E-state index in [1.165, 1.54) is 0 Å². The lowest BCUT2D eigenvalue weighted by molar-refractivity contribution is -0.138. The first-order valence-electron chi connectivity index (χ1n) is 11.6. The normalized spacial score (nSPS) is 10.3. The summed E-state index contributed by atoms with van der Waals surface area (Å²) in [5.74, 6) is -1.71. The molecule has 0 saturated heterocycles. The number of hydrogen-bond donors (Lipinski definition) is 0. The highest BCUT2D eigenvalue weighted by atomic mass is 16.5. The molecule has 0 saturated carbocycles. The van der Waals surface area contributed by atoms with Gasteiger partial charge in [0.1, 0.15) is 0 Å². The van der Waals surface area contributed by atoms with Gasteiger partial charge in [-0.1, -0.05) is 19.7 Å². The molecule has 0 aliphatic heterocycles. The predicted octanol–water partition coefficient (Wildman–Crippen LogP) is 0.700. The van der Waals surface area contributed by atoms with E-state index in [1.54, 1.807) is 0 Å². The van der Waals surface area contributed by atoms with Gasteiger partial charge < -0.3 is 14.2 Å². The lowest BCUT2D eigenvalue weighted by atomic mass is 10.3. The molecule has 198 valence electrons. The molecule has 1 rings (SSSR count). The molecule has 12 heteroatoms. The van der Waals surface area contributed by atoms with Crippen LogP contribution >= 0.6 is 0 Å². The number of carbonyl (C=O) groups excluding carboxylic acids is 3. The van der Waals surface area contributed by atoms with Gasteiger partial charge in [0.15, 0.2) is 0 Å². The molecule has 0 N–H and O–H groups in total. The third kappa shape index (κ3) is 10.1. The highest BCUT2D eigenvalue weighted by Crippen LogP contribution is 1.97. The second-order valence-electron chi connectivity index (χ2n) is 7.54. The standard InChI is InChI=1S/C24H33N3O9/c1-4-19(28)34-16-10-7-13-25-22(31)26(14-8-11-17-35-20(29)5-2)24(33)27(23(25)32)15-9-12-18-36-21(30)6-3/h4-6H,1-3,7-18H2. The molecule has 0 unspecified atom stereocenters. The lowest BCUT2D eigenvalue weighted by Gasteiger charge is -2.14. The molecular weight excluding hydrogens is 474 g/mol. The van der Waals surface area contributed by atoms with Gasteiger partial charge in [-0.05, 0) is 38.5 Å². The lowest BCUT2D eigenvalue weighted by Crippen LogP contribution is -2.54. The Balaban J connectivity index is 2.97. The van der Waals surface area contributed by atoms with Crippen molar-refractivity contribution in [3.63, 3.8) is 0 Å². The first-order chi connectivity index (χ1) is 17.3. The summed E-state index contributed by atoms with van der Waals surface area (Å²) < 4.78 is 17.6. The zero-order valence-corrected chi connectivity index (χ0v) is 20.4. The minimum absolute atomic E-state index is 0.0253. The zero-order chi connectivity index (χ0) is 26.9. The zero-order valence-electron chi connectivity index (χ0n) is 20.4. The van der Waals surface area contributed by atoms with Crippen LogP contribution in [0.1, 0.15) is 38.5 Å². The van der Waals surface area contributed by atoms with Crippen LogP contribution in [0.15, 0.2) is 52.3 Å². The average Bonchev–Trinajstić information content (AvgIpc) is 2.87. The maximum Gasteiger partial charge on any atom is 0.336 e. The molecular formula is C24H33N3O9. The Morgan fingerprint density at radius 3 is 1.00 bits per heavy atom. The largest absolute Gasteiger partial charge is 0.463 e. The molecule has 36 heavy (non-hydrogen) atoms. The Morgan fingerprint density at radius 2 is 0.778 bits per heavy atom. The van der Waals surface area contributed by atoms with Crippen molar-refractivity contribution < 1.29 is 28.6 Å². The fourth-order valence-electron chi connectivity index (χ4n) is 3.07. The summed E-state index contributed by atoms with van der Waals surface area (Å²) in [6, 6.07) is 0. The Hall–Kier alpha value is -3.96. The minimum atomic E-state index is -0.743. The molecule has 0 spiro atoms. The van der Waals surface area contributed by atoms with E-state index in [0.717, 1.165) is 31.9 Å². The second-order valence-corrected chi connectivity index (χ2v) is 7.54. The number of nitrogens with zero attached hydrogens (tertiary/aromatic N) is 3. The Kier molecular flexibility index (Phi) is 13.9. The summed E-state index contributed by atoms with van der Waals surface area (Å²) in [6.45, 7) is 10.3.